The number of hydrogen-bond donors (Lipinski definition) is 0. The van der Waals surface area contributed by atoms with Gasteiger partial charge in [0.15, 0.2) is 0 Å². The summed E-state index contributed by atoms with van der Waals surface area (Å²) in [6.45, 7) is 8.63. The van der Waals surface area contributed by atoms with Gasteiger partial charge in [-0.05, 0) is 17.8 Å². The summed E-state index contributed by atoms with van der Waals surface area (Å²) in [4.78, 5) is 13.7. The van der Waals surface area contributed by atoms with Crippen LogP contribution in [-0.4, -0.2) is 17.9 Å². The van der Waals surface area contributed by atoms with Gasteiger partial charge < -0.3 is 4.90 Å². The third kappa shape index (κ3) is 1.99. The minimum Gasteiger partial charge on any atom is -0.322 e. The van der Waals surface area contributed by atoms with Gasteiger partial charge in [0.25, 0.3) is 0 Å². The van der Waals surface area contributed by atoms with Gasteiger partial charge in [-0.25, -0.2) is 0 Å². The Bertz CT molecular complexity index is 243. The van der Waals surface area contributed by atoms with Gasteiger partial charge in [-0.1, -0.05) is 33.8 Å². The SMILES string of the molecule is CC(C)C1C=CN(C)C(=O)C1C(C)C. The van der Waals surface area contributed by atoms with Crippen molar-refractivity contribution in [1.82, 2.24) is 4.90 Å². The second-order valence-electron chi connectivity index (χ2n) is 4.88. The van der Waals surface area contributed by atoms with Crippen LogP contribution in [0.4, 0.5) is 0 Å². The van der Waals surface area contributed by atoms with Gasteiger partial charge >= 0.3 is 0 Å². The van der Waals surface area contributed by atoms with Crippen molar-refractivity contribution in [2.45, 2.75) is 27.7 Å². The number of rotatable bonds is 2. The Balaban J connectivity index is 2.94. The predicted molar refractivity (Wildman–Crippen MR) is 58.6 cm³/mol. The van der Waals surface area contributed by atoms with Gasteiger partial charge in [0.2, 0.25) is 5.91 Å². The van der Waals surface area contributed by atoms with Gasteiger partial charge in [0.1, 0.15) is 0 Å². The lowest BCUT2D eigenvalue weighted by Gasteiger charge is -2.35. The van der Waals surface area contributed by atoms with E-state index in [0.717, 1.165) is 0 Å². The first kappa shape index (κ1) is 11.3. The quantitative estimate of drug-likeness (QED) is 0.663. The zero-order valence-electron chi connectivity index (χ0n) is 9.82. The largest absolute Gasteiger partial charge is 0.322 e. The average Bonchev–Trinajstić information content (AvgIpc) is 2.08. The molecule has 2 nitrogen and oxygen atoms in total. The highest BCUT2D eigenvalue weighted by Crippen LogP contribution is 2.32. The molecule has 14 heavy (non-hydrogen) atoms. The molecule has 0 aliphatic carbocycles. The molecule has 0 saturated carbocycles. The Kier molecular flexibility index (Phi) is 3.35. The summed E-state index contributed by atoms with van der Waals surface area (Å²) in [5.41, 5.74) is 0. The average molecular weight is 195 g/mol. The number of allylic oxidation sites excluding steroid dienone is 1. The first-order valence-corrected chi connectivity index (χ1v) is 5.40. The Morgan fingerprint density at radius 2 is 1.79 bits per heavy atom. The topological polar surface area (TPSA) is 20.3 Å². The van der Waals surface area contributed by atoms with Crippen molar-refractivity contribution in [2.24, 2.45) is 23.7 Å². The number of amides is 1. The van der Waals surface area contributed by atoms with Crippen molar-refractivity contribution in [3.63, 3.8) is 0 Å². The molecule has 0 aromatic heterocycles. The molecule has 0 spiro atoms. The fourth-order valence-electron chi connectivity index (χ4n) is 2.19. The summed E-state index contributed by atoms with van der Waals surface area (Å²) >= 11 is 0. The summed E-state index contributed by atoms with van der Waals surface area (Å²) in [7, 11) is 1.84. The van der Waals surface area contributed by atoms with Crippen molar-refractivity contribution < 1.29 is 4.79 Å². The number of hydrogen-bond acceptors (Lipinski definition) is 1. The van der Waals surface area contributed by atoms with Crippen LogP contribution in [0.25, 0.3) is 0 Å². The molecule has 2 atom stereocenters. The monoisotopic (exact) mass is 195 g/mol. The summed E-state index contributed by atoms with van der Waals surface area (Å²) < 4.78 is 0. The van der Waals surface area contributed by atoms with Crippen LogP contribution in [-0.2, 0) is 4.79 Å². The molecule has 1 heterocycles. The summed E-state index contributed by atoms with van der Waals surface area (Å²) in [5.74, 6) is 1.78. The lowest BCUT2D eigenvalue weighted by molar-refractivity contribution is -0.136. The van der Waals surface area contributed by atoms with Crippen LogP contribution >= 0.6 is 0 Å². The van der Waals surface area contributed by atoms with E-state index >= 15 is 0 Å². The zero-order valence-corrected chi connectivity index (χ0v) is 9.82. The van der Waals surface area contributed by atoms with Gasteiger partial charge in [-0.15, -0.1) is 0 Å². The summed E-state index contributed by atoms with van der Waals surface area (Å²) in [6, 6.07) is 0. The van der Waals surface area contributed by atoms with Crippen molar-refractivity contribution in [3.05, 3.63) is 12.3 Å². The molecule has 0 fully saturated rings. The summed E-state index contributed by atoms with van der Waals surface area (Å²) in [5, 5.41) is 0. The molecular weight excluding hydrogens is 174 g/mol. The minimum absolute atomic E-state index is 0.157. The van der Waals surface area contributed by atoms with E-state index < -0.39 is 0 Å². The van der Waals surface area contributed by atoms with Crippen molar-refractivity contribution in [1.29, 1.82) is 0 Å². The highest BCUT2D eigenvalue weighted by atomic mass is 16.2. The lowest BCUT2D eigenvalue weighted by atomic mass is 9.75. The summed E-state index contributed by atoms with van der Waals surface area (Å²) in [6.07, 6.45) is 4.09. The van der Waals surface area contributed by atoms with Crippen molar-refractivity contribution in [3.8, 4) is 0 Å². The molecule has 0 bridgehead atoms. The third-order valence-electron chi connectivity index (χ3n) is 3.07. The van der Waals surface area contributed by atoms with Crippen LogP contribution < -0.4 is 0 Å². The predicted octanol–water partition coefficient (Wildman–Crippen LogP) is 2.52. The molecule has 2 unspecified atom stereocenters. The number of nitrogens with zero attached hydrogens (tertiary/aromatic N) is 1. The highest BCUT2D eigenvalue weighted by Gasteiger charge is 2.35. The van der Waals surface area contributed by atoms with E-state index in [1.54, 1.807) is 4.90 Å². The van der Waals surface area contributed by atoms with Crippen LogP contribution in [0.5, 0.6) is 0 Å². The molecule has 80 valence electrons. The van der Waals surface area contributed by atoms with E-state index in [4.69, 9.17) is 0 Å². The first-order chi connectivity index (χ1) is 6.45. The fraction of sp³-hybridized carbons (Fsp3) is 0.750. The van der Waals surface area contributed by atoms with Gasteiger partial charge in [-0.2, -0.15) is 0 Å². The minimum atomic E-state index is 0.157. The highest BCUT2D eigenvalue weighted by molar-refractivity contribution is 5.81. The van der Waals surface area contributed by atoms with Crippen LogP contribution in [0, 0.1) is 23.7 Å². The van der Waals surface area contributed by atoms with Crippen LogP contribution in [0.1, 0.15) is 27.7 Å². The standard InChI is InChI=1S/C12H21NO/c1-8(2)10-6-7-13(5)12(14)11(10)9(3)4/h6-11H,1-5H3. The fourth-order valence-corrected chi connectivity index (χ4v) is 2.19. The molecule has 0 aromatic rings. The Morgan fingerprint density at radius 1 is 1.21 bits per heavy atom. The maximum atomic E-state index is 12.0. The molecule has 1 aliphatic rings. The van der Waals surface area contributed by atoms with Crippen molar-refractivity contribution >= 4 is 5.91 Å². The maximum absolute atomic E-state index is 12.0. The van der Waals surface area contributed by atoms with E-state index in [1.165, 1.54) is 0 Å². The normalized spacial score (nSPS) is 27.9. The zero-order chi connectivity index (χ0) is 10.9. The maximum Gasteiger partial charge on any atom is 0.230 e. The molecule has 1 rings (SSSR count). The molecular formula is C12H21NO. The lowest BCUT2D eigenvalue weighted by Crippen LogP contribution is -2.41. The molecule has 1 amide bonds. The molecule has 0 radical (unpaired) electrons. The van der Waals surface area contributed by atoms with Crippen molar-refractivity contribution in [2.75, 3.05) is 7.05 Å². The molecule has 0 N–H and O–H groups in total. The van der Waals surface area contributed by atoms with Crippen LogP contribution in [0.3, 0.4) is 0 Å². The molecule has 2 heteroatoms. The Morgan fingerprint density at radius 3 is 2.21 bits per heavy atom. The van der Waals surface area contributed by atoms with Crippen LogP contribution in [0.2, 0.25) is 0 Å². The van der Waals surface area contributed by atoms with E-state index in [0.29, 0.717) is 17.8 Å². The van der Waals surface area contributed by atoms with E-state index in [2.05, 4.69) is 33.8 Å². The molecule has 0 saturated heterocycles. The van der Waals surface area contributed by atoms with E-state index in [9.17, 15) is 4.79 Å². The Labute approximate surface area is 87.0 Å². The van der Waals surface area contributed by atoms with E-state index in [-0.39, 0.29) is 11.8 Å². The second kappa shape index (κ2) is 4.16. The molecule has 1 aliphatic heterocycles. The Hall–Kier alpha value is -0.790. The van der Waals surface area contributed by atoms with Crippen LogP contribution in [0.15, 0.2) is 12.3 Å². The second-order valence-corrected chi connectivity index (χ2v) is 4.88. The van der Waals surface area contributed by atoms with Gasteiger partial charge in [0, 0.05) is 19.2 Å². The van der Waals surface area contributed by atoms with Gasteiger partial charge in [-0.3, -0.25) is 4.79 Å². The smallest absolute Gasteiger partial charge is 0.230 e. The number of carbonyl (C=O) groups is 1. The molecule has 0 aromatic carbocycles. The van der Waals surface area contributed by atoms with Gasteiger partial charge in [0.05, 0.1) is 0 Å². The number of carbonyl (C=O) groups excluding carboxylic acids is 1. The third-order valence-corrected chi connectivity index (χ3v) is 3.07. The van der Waals surface area contributed by atoms with E-state index in [1.807, 2.05) is 13.2 Å². The first-order valence-electron chi connectivity index (χ1n) is 5.40.